The second-order valence-electron chi connectivity index (χ2n) is 6.92. The summed E-state index contributed by atoms with van der Waals surface area (Å²) in [6, 6.07) is 17.7. The van der Waals surface area contributed by atoms with Gasteiger partial charge in [-0.25, -0.2) is 4.98 Å². The fourth-order valence-electron chi connectivity index (χ4n) is 3.20. The van der Waals surface area contributed by atoms with Crippen molar-refractivity contribution in [3.8, 4) is 5.69 Å². The number of nitrogens with zero attached hydrogens (tertiary/aromatic N) is 2. The van der Waals surface area contributed by atoms with Crippen LogP contribution in [-0.2, 0) is 4.79 Å². The van der Waals surface area contributed by atoms with E-state index in [2.05, 4.69) is 10.3 Å². The number of hydrogen-bond donors (Lipinski definition) is 1. The fourth-order valence-corrected chi connectivity index (χ4v) is 4.92. The van der Waals surface area contributed by atoms with Gasteiger partial charge in [-0.15, -0.1) is 0 Å². The smallest absolute Gasteiger partial charge is 0.266 e. The summed E-state index contributed by atoms with van der Waals surface area (Å²) < 4.78 is 1.54. The van der Waals surface area contributed by atoms with Crippen molar-refractivity contribution >= 4 is 69.1 Å². The maximum Gasteiger partial charge on any atom is 0.266 e. The standard InChI is InChI=1S/C23H16Cl3N3O2S/c1-13-6-2-5-9-19(13)29-22(31)15-7-3-4-8-18(15)27-23(29)32-12-20(30)28-21-16(25)10-14(24)11-17(21)26/h2-11H,12H2,1H3,(H,28,30). The Hall–Kier alpha value is -2.51. The number of carbonyl (C=O) groups excluding carboxylic acids is 1. The van der Waals surface area contributed by atoms with Gasteiger partial charge in [-0.05, 0) is 42.8 Å². The molecule has 0 aliphatic rings. The van der Waals surface area contributed by atoms with E-state index in [4.69, 9.17) is 34.8 Å². The van der Waals surface area contributed by atoms with Crippen LogP contribution in [0.1, 0.15) is 5.56 Å². The molecule has 0 fully saturated rings. The molecule has 0 aliphatic carbocycles. The van der Waals surface area contributed by atoms with Crippen LogP contribution in [0.5, 0.6) is 0 Å². The molecule has 1 heterocycles. The Bertz CT molecular complexity index is 1380. The first kappa shape index (κ1) is 22.7. The van der Waals surface area contributed by atoms with Crippen LogP contribution in [0.4, 0.5) is 5.69 Å². The monoisotopic (exact) mass is 503 g/mol. The van der Waals surface area contributed by atoms with Gasteiger partial charge in [-0.1, -0.05) is 76.9 Å². The Morgan fingerprint density at radius 1 is 1.03 bits per heavy atom. The number of halogens is 3. The molecule has 32 heavy (non-hydrogen) atoms. The van der Waals surface area contributed by atoms with E-state index in [9.17, 15) is 9.59 Å². The molecule has 9 heteroatoms. The molecule has 0 spiro atoms. The van der Waals surface area contributed by atoms with E-state index in [0.717, 1.165) is 17.3 Å². The van der Waals surface area contributed by atoms with E-state index >= 15 is 0 Å². The maximum atomic E-state index is 13.3. The molecule has 1 N–H and O–H groups in total. The molecule has 0 saturated heterocycles. The number of anilines is 1. The molecule has 3 aromatic carbocycles. The van der Waals surface area contributed by atoms with Gasteiger partial charge in [0.1, 0.15) is 0 Å². The molecule has 0 atom stereocenters. The molecule has 4 aromatic rings. The molecular formula is C23H16Cl3N3O2S. The SMILES string of the molecule is Cc1ccccc1-n1c(SCC(=O)Nc2c(Cl)cc(Cl)cc2Cl)nc2ccccc2c1=O. The Labute approximate surface area is 203 Å². The first-order valence-corrected chi connectivity index (χ1v) is 11.6. The van der Waals surface area contributed by atoms with Crippen LogP contribution >= 0.6 is 46.6 Å². The molecule has 1 amide bonds. The van der Waals surface area contributed by atoms with Gasteiger partial charge in [-0.2, -0.15) is 0 Å². The molecule has 0 bridgehead atoms. The van der Waals surface area contributed by atoms with Crippen molar-refractivity contribution in [3.05, 3.63) is 91.6 Å². The summed E-state index contributed by atoms with van der Waals surface area (Å²) in [6.07, 6.45) is 0. The summed E-state index contributed by atoms with van der Waals surface area (Å²) in [5.74, 6) is -0.355. The Morgan fingerprint density at radius 3 is 2.41 bits per heavy atom. The van der Waals surface area contributed by atoms with Gasteiger partial charge in [-0.3, -0.25) is 14.2 Å². The Kier molecular flexibility index (Phi) is 6.76. The van der Waals surface area contributed by atoms with Crippen molar-refractivity contribution in [1.82, 2.24) is 9.55 Å². The highest BCUT2D eigenvalue weighted by Gasteiger charge is 2.17. The van der Waals surface area contributed by atoms with Gasteiger partial charge in [0.2, 0.25) is 5.91 Å². The molecule has 0 radical (unpaired) electrons. The second-order valence-corrected chi connectivity index (χ2v) is 9.11. The molecule has 4 rings (SSSR count). The summed E-state index contributed by atoms with van der Waals surface area (Å²) in [5, 5.41) is 4.46. The lowest BCUT2D eigenvalue weighted by Crippen LogP contribution is -2.23. The Balaban J connectivity index is 1.69. The van der Waals surface area contributed by atoms with Crippen molar-refractivity contribution in [2.45, 2.75) is 12.1 Å². The molecule has 0 unspecified atom stereocenters. The average Bonchev–Trinajstić information content (AvgIpc) is 2.76. The van der Waals surface area contributed by atoms with E-state index in [1.807, 2.05) is 37.3 Å². The number of carbonyl (C=O) groups is 1. The minimum absolute atomic E-state index is 0.00799. The largest absolute Gasteiger partial charge is 0.323 e. The lowest BCUT2D eigenvalue weighted by Gasteiger charge is -2.15. The number of benzene rings is 3. The molecule has 0 saturated carbocycles. The topological polar surface area (TPSA) is 64.0 Å². The van der Waals surface area contributed by atoms with Crippen LogP contribution < -0.4 is 10.9 Å². The molecular weight excluding hydrogens is 489 g/mol. The van der Waals surface area contributed by atoms with E-state index in [1.165, 1.54) is 16.7 Å². The zero-order valence-corrected chi connectivity index (χ0v) is 19.8. The van der Waals surface area contributed by atoms with Crippen molar-refractivity contribution in [3.63, 3.8) is 0 Å². The summed E-state index contributed by atoms with van der Waals surface area (Å²) in [4.78, 5) is 30.6. The first-order chi connectivity index (χ1) is 15.3. The second kappa shape index (κ2) is 9.55. The number of para-hydroxylation sites is 2. The molecule has 5 nitrogen and oxygen atoms in total. The number of fused-ring (bicyclic) bond motifs is 1. The maximum absolute atomic E-state index is 13.3. The normalized spacial score (nSPS) is 11.0. The third-order valence-corrected chi connectivity index (χ3v) is 6.46. The van der Waals surface area contributed by atoms with Crippen LogP contribution in [-0.4, -0.2) is 21.2 Å². The summed E-state index contributed by atoms with van der Waals surface area (Å²) in [5.41, 5.74) is 2.27. The van der Waals surface area contributed by atoms with E-state index in [-0.39, 0.29) is 33.0 Å². The van der Waals surface area contributed by atoms with Gasteiger partial charge in [0.25, 0.3) is 5.56 Å². The number of aromatic nitrogens is 2. The van der Waals surface area contributed by atoms with E-state index in [0.29, 0.717) is 26.8 Å². The number of amides is 1. The van der Waals surface area contributed by atoms with Gasteiger partial charge in [0.15, 0.2) is 5.16 Å². The lowest BCUT2D eigenvalue weighted by atomic mass is 10.2. The van der Waals surface area contributed by atoms with Crippen molar-refractivity contribution in [1.29, 1.82) is 0 Å². The minimum atomic E-state index is -0.347. The minimum Gasteiger partial charge on any atom is -0.323 e. The van der Waals surface area contributed by atoms with E-state index < -0.39 is 0 Å². The zero-order valence-electron chi connectivity index (χ0n) is 16.7. The molecule has 162 valence electrons. The number of nitrogens with one attached hydrogen (secondary N) is 1. The number of aryl methyl sites for hydroxylation is 1. The number of rotatable bonds is 5. The van der Waals surface area contributed by atoms with E-state index in [1.54, 1.807) is 18.2 Å². The fraction of sp³-hybridized carbons (Fsp3) is 0.0870. The first-order valence-electron chi connectivity index (χ1n) is 9.50. The van der Waals surface area contributed by atoms with Crippen molar-refractivity contribution < 1.29 is 4.79 Å². The van der Waals surface area contributed by atoms with Crippen LogP contribution in [0.2, 0.25) is 15.1 Å². The average molecular weight is 505 g/mol. The summed E-state index contributed by atoms with van der Waals surface area (Å²) in [6.45, 7) is 1.92. The van der Waals surface area contributed by atoms with Gasteiger partial charge in [0, 0.05) is 5.02 Å². The predicted octanol–water partition coefficient (Wildman–Crippen LogP) is 6.39. The summed E-state index contributed by atoms with van der Waals surface area (Å²) in [7, 11) is 0. The number of hydrogen-bond acceptors (Lipinski definition) is 4. The quantitative estimate of drug-likeness (QED) is 0.253. The molecule has 1 aromatic heterocycles. The van der Waals surface area contributed by atoms with Crippen LogP contribution in [0.3, 0.4) is 0 Å². The molecule has 0 aliphatic heterocycles. The van der Waals surface area contributed by atoms with Crippen molar-refractivity contribution in [2.24, 2.45) is 0 Å². The zero-order chi connectivity index (χ0) is 22.8. The Morgan fingerprint density at radius 2 is 1.69 bits per heavy atom. The van der Waals surface area contributed by atoms with Crippen LogP contribution in [0.25, 0.3) is 16.6 Å². The highest BCUT2D eigenvalue weighted by Crippen LogP contribution is 2.34. The third-order valence-electron chi connectivity index (χ3n) is 4.70. The van der Waals surface area contributed by atoms with Crippen LogP contribution in [0, 0.1) is 6.92 Å². The van der Waals surface area contributed by atoms with Gasteiger partial charge in [0.05, 0.1) is 38.1 Å². The van der Waals surface area contributed by atoms with Crippen molar-refractivity contribution in [2.75, 3.05) is 11.1 Å². The van der Waals surface area contributed by atoms with Gasteiger partial charge < -0.3 is 5.32 Å². The third kappa shape index (κ3) is 4.64. The van der Waals surface area contributed by atoms with Crippen LogP contribution in [0.15, 0.2) is 70.6 Å². The number of thioether (sulfide) groups is 1. The highest BCUT2D eigenvalue weighted by molar-refractivity contribution is 7.99. The highest BCUT2D eigenvalue weighted by atomic mass is 35.5. The lowest BCUT2D eigenvalue weighted by molar-refractivity contribution is -0.113. The predicted molar refractivity (Wildman–Crippen MR) is 133 cm³/mol. The van der Waals surface area contributed by atoms with Gasteiger partial charge >= 0.3 is 0 Å². The summed E-state index contributed by atoms with van der Waals surface area (Å²) >= 11 is 19.4.